The standard InChI is InChI=1S/C28H34O9/c1-14(29)34-19-12-20(31)36-24(2,3)17-11-18(30)27(6)16(26(17,19)5)7-9-25(4)21(15-8-10-33-13-15)35-23(32)22-28(25,27)37-22/h8,10,13,16-17,19,21-22H,7,9,11-12H2,1-6H3/t16-,17+,19+,21+,22+,25+,26-,27+,28+/m1/s1. The van der Waals surface area contributed by atoms with E-state index < -0.39 is 63.7 Å². The second-order valence-electron chi connectivity index (χ2n) is 12.7. The normalized spacial score (nSPS) is 47.7. The van der Waals surface area contributed by atoms with Gasteiger partial charge < -0.3 is 23.4 Å². The zero-order chi connectivity index (χ0) is 26.8. The Morgan fingerprint density at radius 1 is 1.03 bits per heavy atom. The first-order valence-corrected chi connectivity index (χ1v) is 13.1. The van der Waals surface area contributed by atoms with Crippen LogP contribution in [0.15, 0.2) is 23.0 Å². The van der Waals surface area contributed by atoms with Crippen LogP contribution in [-0.4, -0.2) is 47.1 Å². The molecule has 5 aliphatic rings. The molecule has 0 amide bonds. The van der Waals surface area contributed by atoms with Crippen LogP contribution >= 0.6 is 0 Å². The van der Waals surface area contributed by atoms with Crippen LogP contribution in [-0.2, 0) is 38.1 Å². The lowest BCUT2D eigenvalue weighted by molar-refractivity contribution is -0.234. The quantitative estimate of drug-likeness (QED) is 0.330. The van der Waals surface area contributed by atoms with Gasteiger partial charge in [-0.1, -0.05) is 13.8 Å². The van der Waals surface area contributed by atoms with E-state index in [0.29, 0.717) is 12.8 Å². The van der Waals surface area contributed by atoms with E-state index in [1.807, 2.05) is 34.6 Å². The average Bonchev–Trinajstić information content (AvgIpc) is 3.38. The summed E-state index contributed by atoms with van der Waals surface area (Å²) in [5, 5.41) is 0. The van der Waals surface area contributed by atoms with Crippen LogP contribution < -0.4 is 0 Å². The third-order valence-electron chi connectivity index (χ3n) is 10.8. The summed E-state index contributed by atoms with van der Waals surface area (Å²) in [5.74, 6) is -2.18. The molecule has 0 N–H and O–H groups in total. The lowest BCUT2D eigenvalue weighted by Crippen LogP contribution is -2.72. The summed E-state index contributed by atoms with van der Waals surface area (Å²) in [6.07, 6.45) is 2.06. The fraction of sp³-hybridized carbons (Fsp3) is 0.714. The number of furan rings is 1. The van der Waals surface area contributed by atoms with Gasteiger partial charge in [0.2, 0.25) is 0 Å². The Bertz CT molecular complexity index is 1200. The second-order valence-corrected chi connectivity index (χ2v) is 12.7. The van der Waals surface area contributed by atoms with Gasteiger partial charge in [0.05, 0.1) is 24.4 Å². The molecule has 0 radical (unpaired) electrons. The van der Waals surface area contributed by atoms with Crippen molar-refractivity contribution in [2.75, 3.05) is 0 Å². The van der Waals surface area contributed by atoms with Crippen molar-refractivity contribution in [3.05, 3.63) is 24.2 Å². The smallest absolute Gasteiger partial charge is 0.339 e. The molecular formula is C28H34O9. The number of fused-ring (bicyclic) bond motifs is 3. The van der Waals surface area contributed by atoms with Gasteiger partial charge in [0.25, 0.3) is 0 Å². The average molecular weight is 515 g/mol. The number of esters is 3. The molecule has 0 bridgehead atoms. The van der Waals surface area contributed by atoms with E-state index >= 15 is 0 Å². The molecule has 2 aliphatic carbocycles. The van der Waals surface area contributed by atoms with Crippen molar-refractivity contribution in [1.29, 1.82) is 0 Å². The Balaban J connectivity index is 1.54. The molecule has 37 heavy (non-hydrogen) atoms. The van der Waals surface area contributed by atoms with Crippen molar-refractivity contribution in [2.45, 2.75) is 96.7 Å². The molecule has 200 valence electrons. The number of hydrogen-bond acceptors (Lipinski definition) is 9. The zero-order valence-corrected chi connectivity index (χ0v) is 22.1. The van der Waals surface area contributed by atoms with Gasteiger partial charge in [0.1, 0.15) is 29.2 Å². The molecule has 9 atom stereocenters. The number of rotatable bonds is 2. The highest BCUT2D eigenvalue weighted by molar-refractivity contribution is 5.93. The van der Waals surface area contributed by atoms with Crippen LogP contribution in [0.25, 0.3) is 0 Å². The number of carbonyl (C=O) groups excluding carboxylic acids is 4. The zero-order valence-electron chi connectivity index (χ0n) is 22.1. The lowest BCUT2D eigenvalue weighted by Gasteiger charge is -2.66. The highest BCUT2D eigenvalue weighted by Gasteiger charge is 2.88. The summed E-state index contributed by atoms with van der Waals surface area (Å²) in [7, 11) is 0. The van der Waals surface area contributed by atoms with E-state index in [1.165, 1.54) is 13.2 Å². The van der Waals surface area contributed by atoms with E-state index in [-0.39, 0.29) is 30.5 Å². The maximum atomic E-state index is 14.4. The molecule has 6 rings (SSSR count). The first-order valence-electron chi connectivity index (χ1n) is 13.1. The van der Waals surface area contributed by atoms with Crippen LogP contribution in [0, 0.1) is 28.1 Å². The monoisotopic (exact) mass is 514 g/mol. The number of cyclic esters (lactones) is 2. The van der Waals surface area contributed by atoms with Gasteiger partial charge in [0, 0.05) is 35.7 Å². The molecule has 0 unspecified atom stereocenters. The third kappa shape index (κ3) is 2.79. The van der Waals surface area contributed by atoms with Crippen molar-refractivity contribution < 1.29 is 42.5 Å². The summed E-state index contributed by atoms with van der Waals surface area (Å²) < 4.78 is 29.3. The number of hydrogen-bond donors (Lipinski definition) is 0. The van der Waals surface area contributed by atoms with E-state index in [4.69, 9.17) is 23.4 Å². The van der Waals surface area contributed by atoms with Crippen LogP contribution in [0.2, 0.25) is 0 Å². The van der Waals surface area contributed by atoms with Crippen molar-refractivity contribution >= 4 is 23.7 Å². The SMILES string of the molecule is CC(=O)O[C@H]1CC(=O)OC(C)(C)[C@@H]2CC(=O)[C@]3(C)[C@H](CC[C@@]4(C)[C@H](c5ccoc5)OC(=O)[C@@H]5O[C@@]543)[C@@]12C. The minimum Gasteiger partial charge on any atom is -0.472 e. The molecule has 3 saturated heterocycles. The van der Waals surface area contributed by atoms with E-state index in [2.05, 4.69) is 0 Å². The van der Waals surface area contributed by atoms with Gasteiger partial charge in [-0.25, -0.2) is 4.79 Å². The van der Waals surface area contributed by atoms with E-state index in [1.54, 1.807) is 12.3 Å². The van der Waals surface area contributed by atoms with Crippen molar-refractivity contribution in [3.8, 4) is 0 Å². The molecule has 1 spiro atoms. The van der Waals surface area contributed by atoms with Crippen molar-refractivity contribution in [1.82, 2.24) is 0 Å². The predicted octanol–water partition coefficient (Wildman–Crippen LogP) is 3.69. The van der Waals surface area contributed by atoms with Gasteiger partial charge in [-0.2, -0.15) is 0 Å². The lowest BCUT2D eigenvalue weighted by atomic mass is 9.37. The summed E-state index contributed by atoms with van der Waals surface area (Å²) in [6.45, 7) is 11.0. The summed E-state index contributed by atoms with van der Waals surface area (Å²) in [5.41, 5.74) is -3.88. The minimum absolute atomic E-state index is 0.0263. The Labute approximate surface area is 215 Å². The molecule has 1 aromatic rings. The highest BCUT2D eigenvalue weighted by Crippen LogP contribution is 2.78. The molecule has 3 aliphatic heterocycles. The topological polar surface area (TPSA) is 122 Å². The molecule has 9 heteroatoms. The maximum Gasteiger partial charge on any atom is 0.339 e. The van der Waals surface area contributed by atoms with Gasteiger partial charge in [-0.05, 0) is 45.6 Å². The molecule has 9 nitrogen and oxygen atoms in total. The summed E-state index contributed by atoms with van der Waals surface area (Å²) in [4.78, 5) is 52.7. The number of carbonyl (C=O) groups is 4. The minimum atomic E-state index is -1.09. The van der Waals surface area contributed by atoms with E-state index in [9.17, 15) is 19.2 Å². The fourth-order valence-electron chi connectivity index (χ4n) is 9.24. The van der Waals surface area contributed by atoms with Crippen LogP contribution in [0.4, 0.5) is 0 Å². The van der Waals surface area contributed by atoms with Crippen LogP contribution in [0.5, 0.6) is 0 Å². The first kappa shape index (κ1) is 24.6. The summed E-state index contributed by atoms with van der Waals surface area (Å²) in [6, 6.07) is 1.78. The van der Waals surface area contributed by atoms with Gasteiger partial charge >= 0.3 is 17.9 Å². The third-order valence-corrected chi connectivity index (χ3v) is 10.8. The Hall–Kier alpha value is -2.68. The van der Waals surface area contributed by atoms with Gasteiger partial charge in [-0.3, -0.25) is 14.4 Å². The van der Waals surface area contributed by atoms with Gasteiger partial charge in [0.15, 0.2) is 6.10 Å². The number of ketones is 1. The molecule has 5 fully saturated rings. The van der Waals surface area contributed by atoms with Crippen LogP contribution in [0.3, 0.4) is 0 Å². The Morgan fingerprint density at radius 2 is 1.76 bits per heavy atom. The van der Waals surface area contributed by atoms with Crippen LogP contribution in [0.1, 0.15) is 78.9 Å². The fourth-order valence-corrected chi connectivity index (χ4v) is 9.24. The predicted molar refractivity (Wildman–Crippen MR) is 126 cm³/mol. The number of ether oxygens (including phenoxy) is 4. The Morgan fingerprint density at radius 3 is 2.41 bits per heavy atom. The largest absolute Gasteiger partial charge is 0.472 e. The Kier molecular flexibility index (Phi) is 4.82. The van der Waals surface area contributed by atoms with Gasteiger partial charge in [-0.15, -0.1) is 0 Å². The molecule has 2 saturated carbocycles. The number of Topliss-reactive ketones (excluding diaryl/α,β-unsaturated/α-hetero) is 1. The molecule has 4 heterocycles. The second kappa shape index (κ2) is 7.24. The summed E-state index contributed by atoms with van der Waals surface area (Å²) >= 11 is 0. The maximum absolute atomic E-state index is 14.4. The first-order chi connectivity index (χ1) is 17.2. The number of epoxide rings is 1. The highest BCUT2D eigenvalue weighted by atomic mass is 16.7. The molecular weight excluding hydrogens is 480 g/mol. The molecule has 0 aromatic carbocycles. The molecule has 1 aromatic heterocycles. The van der Waals surface area contributed by atoms with Crippen molar-refractivity contribution in [2.24, 2.45) is 28.1 Å². The van der Waals surface area contributed by atoms with E-state index in [0.717, 1.165) is 5.56 Å². The van der Waals surface area contributed by atoms with Crippen molar-refractivity contribution in [3.63, 3.8) is 0 Å².